The van der Waals surface area contributed by atoms with Gasteiger partial charge in [-0.05, 0) is 13.0 Å². The predicted octanol–water partition coefficient (Wildman–Crippen LogP) is 3.42. The summed E-state index contributed by atoms with van der Waals surface area (Å²) in [6.07, 6.45) is 2.03. The van der Waals surface area contributed by atoms with Crippen molar-refractivity contribution in [1.29, 1.82) is 0 Å². The average molecular weight is 371 g/mol. The van der Waals surface area contributed by atoms with Crippen LogP contribution in [0.2, 0.25) is 10.0 Å². The summed E-state index contributed by atoms with van der Waals surface area (Å²) in [6.45, 7) is 7.98. The Morgan fingerprint density at radius 1 is 1.25 bits per heavy atom. The number of nitrogens with zero attached hydrogens (tertiary/aromatic N) is 4. The molecular formula is C16H22Cl2N5O+. The van der Waals surface area contributed by atoms with Crippen LogP contribution in [-0.4, -0.2) is 50.8 Å². The van der Waals surface area contributed by atoms with Crippen LogP contribution in [0, 0.1) is 0 Å². The molecule has 0 aromatic heterocycles. The van der Waals surface area contributed by atoms with Crippen LogP contribution < -0.4 is 9.91 Å². The summed E-state index contributed by atoms with van der Waals surface area (Å²) >= 11 is 12.3. The second-order valence-electron chi connectivity index (χ2n) is 5.84. The molecule has 0 radical (unpaired) electrons. The van der Waals surface area contributed by atoms with Crippen molar-refractivity contribution in [3.63, 3.8) is 0 Å². The van der Waals surface area contributed by atoms with E-state index in [1.54, 1.807) is 0 Å². The van der Waals surface area contributed by atoms with Crippen molar-refractivity contribution in [3.05, 3.63) is 40.3 Å². The van der Waals surface area contributed by atoms with Gasteiger partial charge in [-0.2, -0.15) is 0 Å². The summed E-state index contributed by atoms with van der Waals surface area (Å²) < 4.78 is 5.70. The van der Waals surface area contributed by atoms with Crippen molar-refractivity contribution >= 4 is 28.9 Å². The van der Waals surface area contributed by atoms with Gasteiger partial charge in [0, 0.05) is 37.0 Å². The van der Waals surface area contributed by atoms with E-state index in [0.717, 1.165) is 57.4 Å². The molecule has 1 aromatic carbocycles. The largest absolute Gasteiger partial charge is 0.379 e. The molecule has 1 fully saturated rings. The maximum Gasteiger partial charge on any atom is 0.210 e. The number of hydrogen-bond donors (Lipinski definition) is 1. The first-order valence-electron chi connectivity index (χ1n) is 8.16. The third-order valence-corrected chi connectivity index (χ3v) is 4.96. The number of nitrogens with one attached hydrogen (secondary N) is 1. The molecule has 0 saturated carbocycles. The summed E-state index contributed by atoms with van der Waals surface area (Å²) in [5.41, 5.74) is 0.953. The second kappa shape index (κ2) is 7.80. The Kier molecular flexibility index (Phi) is 5.73. The van der Waals surface area contributed by atoms with Gasteiger partial charge in [0.2, 0.25) is 5.82 Å². The molecule has 1 atom stereocenters. The fraction of sp³-hybridized carbons (Fsp3) is 0.500. The van der Waals surface area contributed by atoms with Gasteiger partial charge in [-0.15, -0.1) is 4.59 Å². The van der Waals surface area contributed by atoms with Crippen LogP contribution in [0.5, 0.6) is 0 Å². The molecule has 8 heteroatoms. The Morgan fingerprint density at radius 2 is 2.04 bits per heavy atom. The minimum atomic E-state index is 0.288. The van der Waals surface area contributed by atoms with Gasteiger partial charge in [0.15, 0.2) is 11.9 Å². The lowest BCUT2D eigenvalue weighted by molar-refractivity contribution is 0.0354. The molecule has 1 aromatic rings. The fourth-order valence-electron chi connectivity index (χ4n) is 2.85. The highest BCUT2D eigenvalue weighted by Gasteiger charge is 2.36. The summed E-state index contributed by atoms with van der Waals surface area (Å²) in [4.78, 5) is 2.38. The number of benzene rings is 1. The Hall–Kier alpha value is -1.18. The molecule has 0 spiro atoms. The molecule has 2 aliphatic heterocycles. The average Bonchev–Trinajstić information content (AvgIpc) is 3.01. The molecule has 1 N–H and O–H groups in total. The van der Waals surface area contributed by atoms with Gasteiger partial charge >= 0.3 is 0 Å². The van der Waals surface area contributed by atoms with E-state index in [4.69, 9.17) is 27.9 Å². The van der Waals surface area contributed by atoms with Crippen molar-refractivity contribution in [2.45, 2.75) is 6.92 Å². The molecule has 6 nitrogen and oxygen atoms in total. The third-order valence-electron chi connectivity index (χ3n) is 4.22. The fourth-order valence-corrected chi connectivity index (χ4v) is 3.15. The van der Waals surface area contributed by atoms with Gasteiger partial charge in [-0.3, -0.25) is 4.90 Å². The molecule has 3 rings (SSSR count). The van der Waals surface area contributed by atoms with Crippen LogP contribution in [0.25, 0.3) is 0 Å². The van der Waals surface area contributed by atoms with Crippen LogP contribution in [0.3, 0.4) is 0 Å². The van der Waals surface area contributed by atoms with E-state index in [-0.39, 0.29) is 4.59 Å². The normalized spacial score (nSPS) is 24.2. The van der Waals surface area contributed by atoms with Crippen molar-refractivity contribution in [3.8, 4) is 0 Å². The molecule has 24 heavy (non-hydrogen) atoms. The van der Waals surface area contributed by atoms with E-state index in [0.29, 0.717) is 10.0 Å². The van der Waals surface area contributed by atoms with Crippen molar-refractivity contribution in [1.82, 2.24) is 14.8 Å². The smallest absolute Gasteiger partial charge is 0.210 e. The van der Waals surface area contributed by atoms with Gasteiger partial charge < -0.3 is 10.1 Å². The van der Waals surface area contributed by atoms with Crippen molar-refractivity contribution in [2.24, 2.45) is 10.3 Å². The summed E-state index contributed by atoms with van der Waals surface area (Å²) in [6, 6.07) is 5.63. The van der Waals surface area contributed by atoms with E-state index < -0.39 is 0 Å². The molecule has 130 valence electrons. The quantitative estimate of drug-likeness (QED) is 0.780. The molecule has 2 aliphatic rings. The number of morpholine rings is 1. The summed E-state index contributed by atoms with van der Waals surface area (Å²) in [5.74, 6) is 0.783. The Morgan fingerprint density at radius 3 is 2.75 bits per heavy atom. The molecule has 0 aliphatic carbocycles. The first-order chi connectivity index (χ1) is 11.6. The first-order valence-corrected chi connectivity index (χ1v) is 8.92. The van der Waals surface area contributed by atoms with Crippen LogP contribution in [-0.2, 0) is 4.74 Å². The molecule has 1 saturated heterocycles. The number of rotatable bonds is 6. The van der Waals surface area contributed by atoms with Gasteiger partial charge in [0.25, 0.3) is 0 Å². The van der Waals surface area contributed by atoms with Crippen LogP contribution in [0.4, 0.5) is 5.69 Å². The van der Waals surface area contributed by atoms with Gasteiger partial charge in [0.1, 0.15) is 6.54 Å². The minimum absolute atomic E-state index is 0.288. The summed E-state index contributed by atoms with van der Waals surface area (Å²) in [5, 5.41) is 13.1. The standard InChI is InChI=1S/C16H22Cl2N5O/c1-2-19-16-12-23(21-20-16,8-5-22-6-9-24-10-7-22)13-3-4-14(17)15(18)11-13/h3-4,11-12,19H,2,5-10H2,1H3/q+1. The number of quaternary nitrogens is 1. The van der Waals surface area contributed by atoms with Crippen LogP contribution in [0.1, 0.15) is 6.92 Å². The number of ether oxygens (including phenoxy) is 1. The topological polar surface area (TPSA) is 49.2 Å². The zero-order chi connectivity index (χ0) is 17.0. The Labute approximate surface area is 152 Å². The van der Waals surface area contributed by atoms with Crippen LogP contribution in [0.15, 0.2) is 40.6 Å². The Bertz CT molecular complexity index is 645. The number of hydrogen-bond acceptors (Lipinski definition) is 5. The maximum atomic E-state index is 6.22. The second-order valence-corrected chi connectivity index (χ2v) is 6.65. The zero-order valence-electron chi connectivity index (χ0n) is 13.7. The monoisotopic (exact) mass is 370 g/mol. The first kappa shape index (κ1) is 17.6. The van der Waals surface area contributed by atoms with E-state index in [9.17, 15) is 0 Å². The lowest BCUT2D eigenvalue weighted by Gasteiger charge is -2.30. The predicted molar refractivity (Wildman–Crippen MR) is 97.0 cm³/mol. The zero-order valence-corrected chi connectivity index (χ0v) is 15.2. The van der Waals surface area contributed by atoms with E-state index in [1.807, 2.05) is 31.3 Å². The molecule has 0 amide bonds. The minimum Gasteiger partial charge on any atom is -0.379 e. The van der Waals surface area contributed by atoms with Crippen LogP contribution >= 0.6 is 23.2 Å². The van der Waals surface area contributed by atoms with E-state index in [2.05, 4.69) is 20.6 Å². The van der Waals surface area contributed by atoms with Gasteiger partial charge in [0.05, 0.1) is 29.8 Å². The maximum absolute atomic E-state index is 6.22. The molecule has 2 heterocycles. The van der Waals surface area contributed by atoms with Gasteiger partial charge in [-0.25, -0.2) is 0 Å². The third kappa shape index (κ3) is 3.90. The highest BCUT2D eigenvalue weighted by atomic mass is 35.5. The van der Waals surface area contributed by atoms with Crippen molar-refractivity contribution in [2.75, 3.05) is 45.9 Å². The Balaban J connectivity index is 1.84. The SMILES string of the molecule is CCNC1=C[N+](CCN2CCOCC2)(c2ccc(Cl)c(Cl)c2)N=N1. The van der Waals surface area contributed by atoms with Gasteiger partial charge in [-0.1, -0.05) is 28.3 Å². The number of halogens is 2. The highest BCUT2D eigenvalue weighted by Crippen LogP contribution is 2.35. The molecular weight excluding hydrogens is 349 g/mol. The van der Waals surface area contributed by atoms with E-state index >= 15 is 0 Å². The van der Waals surface area contributed by atoms with Crippen molar-refractivity contribution < 1.29 is 4.74 Å². The lowest BCUT2D eigenvalue weighted by atomic mass is 10.2. The van der Waals surface area contributed by atoms with E-state index in [1.165, 1.54) is 0 Å². The lowest BCUT2D eigenvalue weighted by Crippen LogP contribution is -2.46. The molecule has 0 bridgehead atoms. The molecule has 1 unspecified atom stereocenters. The summed E-state index contributed by atoms with van der Waals surface area (Å²) in [7, 11) is 0. The highest BCUT2D eigenvalue weighted by molar-refractivity contribution is 6.42.